The molecular formula is C23H30N2O2S. The van der Waals surface area contributed by atoms with Crippen molar-refractivity contribution in [3.8, 4) is 16.9 Å². The van der Waals surface area contributed by atoms with Crippen LogP contribution < -0.4 is 10.1 Å². The number of likely N-dealkylation sites (tertiary alicyclic amines) is 1. The van der Waals surface area contributed by atoms with Crippen LogP contribution in [0.25, 0.3) is 11.1 Å². The number of carbonyl (C=O) groups excluding carboxylic acids is 1. The van der Waals surface area contributed by atoms with Crippen molar-refractivity contribution >= 4 is 23.4 Å². The third-order valence-electron chi connectivity index (χ3n) is 5.25. The lowest BCUT2D eigenvalue weighted by Crippen LogP contribution is -2.41. The largest absolute Gasteiger partial charge is 0.497 e. The Morgan fingerprint density at radius 3 is 2.79 bits per heavy atom. The van der Waals surface area contributed by atoms with E-state index in [9.17, 15) is 4.79 Å². The maximum absolute atomic E-state index is 12.7. The number of hydrogen-bond donors (Lipinski definition) is 1. The molecule has 0 bridgehead atoms. The third kappa shape index (κ3) is 5.76. The molecule has 1 heterocycles. The number of anilines is 1. The minimum atomic E-state index is 0.0843. The monoisotopic (exact) mass is 398 g/mol. The van der Waals surface area contributed by atoms with Crippen LogP contribution in [0.4, 0.5) is 5.69 Å². The maximum Gasteiger partial charge on any atom is 0.228 e. The van der Waals surface area contributed by atoms with Crippen molar-refractivity contribution < 1.29 is 9.53 Å². The van der Waals surface area contributed by atoms with Crippen LogP contribution in [0.3, 0.4) is 0 Å². The molecule has 1 fully saturated rings. The van der Waals surface area contributed by atoms with E-state index in [1.54, 1.807) is 7.11 Å². The first-order chi connectivity index (χ1) is 13.7. The lowest BCUT2D eigenvalue weighted by molar-refractivity contribution is -0.121. The van der Waals surface area contributed by atoms with Crippen LogP contribution in [0.15, 0.2) is 48.5 Å². The summed E-state index contributed by atoms with van der Waals surface area (Å²) in [5.41, 5.74) is 3.07. The number of methoxy groups -OCH3 is 1. The van der Waals surface area contributed by atoms with Crippen LogP contribution >= 0.6 is 11.8 Å². The molecule has 4 nitrogen and oxygen atoms in total. The van der Waals surface area contributed by atoms with Crippen molar-refractivity contribution in [2.24, 2.45) is 5.92 Å². The number of rotatable bonds is 8. The highest BCUT2D eigenvalue weighted by Gasteiger charge is 2.25. The van der Waals surface area contributed by atoms with Gasteiger partial charge in [-0.15, -0.1) is 0 Å². The second-order valence-corrected chi connectivity index (χ2v) is 8.27. The summed E-state index contributed by atoms with van der Waals surface area (Å²) < 4.78 is 5.30. The zero-order chi connectivity index (χ0) is 19.8. The van der Waals surface area contributed by atoms with Crippen molar-refractivity contribution in [1.82, 2.24) is 4.90 Å². The number of thioether (sulfide) groups is 1. The van der Waals surface area contributed by atoms with Gasteiger partial charge in [0.05, 0.1) is 13.0 Å². The second kappa shape index (κ2) is 10.5. The smallest absolute Gasteiger partial charge is 0.228 e. The van der Waals surface area contributed by atoms with E-state index in [1.165, 1.54) is 12.2 Å². The fraction of sp³-hybridized carbons (Fsp3) is 0.435. The molecule has 5 heteroatoms. The van der Waals surface area contributed by atoms with E-state index in [-0.39, 0.29) is 11.8 Å². The molecular weight excluding hydrogens is 368 g/mol. The van der Waals surface area contributed by atoms with Gasteiger partial charge in [0.2, 0.25) is 5.91 Å². The van der Waals surface area contributed by atoms with Crippen LogP contribution in [0, 0.1) is 5.92 Å². The van der Waals surface area contributed by atoms with Crippen molar-refractivity contribution in [1.29, 1.82) is 0 Å². The van der Waals surface area contributed by atoms with Gasteiger partial charge in [0.15, 0.2) is 0 Å². The van der Waals surface area contributed by atoms with E-state index >= 15 is 0 Å². The third-order valence-corrected chi connectivity index (χ3v) is 5.95. The first-order valence-electron chi connectivity index (χ1n) is 9.96. The molecule has 0 aliphatic carbocycles. The van der Waals surface area contributed by atoms with Gasteiger partial charge in [0, 0.05) is 12.2 Å². The highest BCUT2D eigenvalue weighted by molar-refractivity contribution is 7.98. The molecule has 1 aliphatic heterocycles. The molecule has 1 amide bonds. The Hall–Kier alpha value is -1.98. The Morgan fingerprint density at radius 2 is 2.04 bits per heavy atom. The topological polar surface area (TPSA) is 41.6 Å². The quantitative estimate of drug-likeness (QED) is 0.651. The summed E-state index contributed by atoms with van der Waals surface area (Å²) in [4.78, 5) is 15.2. The number of nitrogens with zero attached hydrogens (tertiary/aromatic N) is 1. The SMILES string of the molecule is COc1cccc(-c2ccc(NC(=O)C3CCCN(CCCSC)C3)cc2)c1. The molecule has 1 unspecified atom stereocenters. The Morgan fingerprint density at radius 1 is 1.21 bits per heavy atom. The van der Waals surface area contributed by atoms with Gasteiger partial charge in [-0.3, -0.25) is 4.79 Å². The summed E-state index contributed by atoms with van der Waals surface area (Å²) >= 11 is 1.89. The molecule has 1 aliphatic rings. The van der Waals surface area contributed by atoms with Crippen LogP contribution in [-0.4, -0.2) is 49.6 Å². The predicted molar refractivity (Wildman–Crippen MR) is 119 cm³/mol. The molecule has 2 aromatic carbocycles. The van der Waals surface area contributed by atoms with Crippen molar-refractivity contribution in [2.45, 2.75) is 19.3 Å². The van der Waals surface area contributed by atoms with Crippen LogP contribution in [0.2, 0.25) is 0 Å². The molecule has 0 aromatic heterocycles. The van der Waals surface area contributed by atoms with Gasteiger partial charge in [-0.25, -0.2) is 0 Å². The summed E-state index contributed by atoms with van der Waals surface area (Å²) in [5, 5.41) is 3.11. The summed E-state index contributed by atoms with van der Waals surface area (Å²) in [6.07, 6.45) is 5.42. The van der Waals surface area contributed by atoms with Gasteiger partial charge in [0.25, 0.3) is 0 Å². The van der Waals surface area contributed by atoms with E-state index in [0.717, 1.165) is 55.0 Å². The van der Waals surface area contributed by atoms with E-state index in [1.807, 2.05) is 54.2 Å². The molecule has 3 rings (SSSR count). The number of nitrogens with one attached hydrogen (secondary N) is 1. The molecule has 150 valence electrons. The average Bonchev–Trinajstić information content (AvgIpc) is 2.75. The molecule has 0 spiro atoms. The van der Waals surface area contributed by atoms with Gasteiger partial charge >= 0.3 is 0 Å². The Bertz CT molecular complexity index is 763. The van der Waals surface area contributed by atoms with Gasteiger partial charge in [-0.1, -0.05) is 24.3 Å². The molecule has 1 atom stereocenters. The number of amides is 1. The summed E-state index contributed by atoms with van der Waals surface area (Å²) in [6, 6.07) is 16.0. The molecule has 2 aromatic rings. The molecule has 0 radical (unpaired) electrons. The van der Waals surface area contributed by atoms with Crippen LogP contribution in [0.5, 0.6) is 5.75 Å². The summed E-state index contributed by atoms with van der Waals surface area (Å²) in [5.74, 6) is 2.26. The first kappa shape index (κ1) is 20.7. The van der Waals surface area contributed by atoms with E-state index in [2.05, 4.69) is 22.5 Å². The number of benzene rings is 2. The second-order valence-electron chi connectivity index (χ2n) is 7.28. The minimum absolute atomic E-state index is 0.0843. The number of piperidine rings is 1. The van der Waals surface area contributed by atoms with E-state index < -0.39 is 0 Å². The molecule has 1 N–H and O–H groups in total. The van der Waals surface area contributed by atoms with Crippen LogP contribution in [0.1, 0.15) is 19.3 Å². The highest BCUT2D eigenvalue weighted by Crippen LogP contribution is 2.26. The fourth-order valence-electron chi connectivity index (χ4n) is 3.70. The standard InChI is InChI=1S/C23H30N2O2S/c1-27-22-8-3-6-19(16-22)18-9-11-21(12-10-18)24-23(26)20-7-4-13-25(17-20)14-5-15-28-2/h3,6,8-12,16,20H,4-5,7,13-15,17H2,1-2H3,(H,24,26). The Kier molecular flexibility index (Phi) is 7.80. The van der Waals surface area contributed by atoms with E-state index in [4.69, 9.17) is 4.74 Å². The van der Waals surface area contributed by atoms with Crippen LogP contribution in [-0.2, 0) is 4.79 Å². The zero-order valence-electron chi connectivity index (χ0n) is 16.8. The summed E-state index contributed by atoms with van der Waals surface area (Å²) in [6.45, 7) is 3.09. The highest BCUT2D eigenvalue weighted by atomic mass is 32.2. The zero-order valence-corrected chi connectivity index (χ0v) is 17.6. The van der Waals surface area contributed by atoms with Gasteiger partial charge in [0.1, 0.15) is 5.75 Å². The first-order valence-corrected chi connectivity index (χ1v) is 11.4. The van der Waals surface area contributed by atoms with Gasteiger partial charge in [-0.05, 0) is 79.8 Å². The van der Waals surface area contributed by atoms with Crippen molar-refractivity contribution in [2.75, 3.05) is 44.1 Å². The van der Waals surface area contributed by atoms with Crippen molar-refractivity contribution in [3.05, 3.63) is 48.5 Å². The molecule has 28 heavy (non-hydrogen) atoms. The Labute approximate surface area is 172 Å². The normalized spacial score (nSPS) is 17.3. The predicted octanol–water partition coefficient (Wildman–Crippen LogP) is 4.77. The van der Waals surface area contributed by atoms with Gasteiger partial charge < -0.3 is 15.0 Å². The summed E-state index contributed by atoms with van der Waals surface area (Å²) in [7, 11) is 1.67. The molecule has 0 saturated carbocycles. The lowest BCUT2D eigenvalue weighted by Gasteiger charge is -2.31. The van der Waals surface area contributed by atoms with Crippen molar-refractivity contribution in [3.63, 3.8) is 0 Å². The average molecular weight is 399 g/mol. The minimum Gasteiger partial charge on any atom is -0.497 e. The van der Waals surface area contributed by atoms with E-state index in [0.29, 0.717) is 0 Å². The van der Waals surface area contributed by atoms with Gasteiger partial charge in [-0.2, -0.15) is 11.8 Å². The maximum atomic E-state index is 12.7. The molecule has 1 saturated heterocycles. The number of ether oxygens (including phenoxy) is 1. The lowest BCUT2D eigenvalue weighted by atomic mass is 9.97. The number of carbonyl (C=O) groups is 1. The fourth-order valence-corrected chi connectivity index (χ4v) is 4.12. The number of hydrogen-bond acceptors (Lipinski definition) is 4. The Balaban J connectivity index is 1.56.